The van der Waals surface area contributed by atoms with E-state index in [1.807, 2.05) is 6.20 Å². The van der Waals surface area contributed by atoms with Gasteiger partial charge < -0.3 is 4.74 Å². The van der Waals surface area contributed by atoms with Crippen molar-refractivity contribution in [1.82, 2.24) is 4.98 Å². The summed E-state index contributed by atoms with van der Waals surface area (Å²) < 4.78 is 6.00. The summed E-state index contributed by atoms with van der Waals surface area (Å²) in [4.78, 5) is 4.44. The van der Waals surface area contributed by atoms with Gasteiger partial charge in [-0.15, -0.1) is 0 Å². The number of ether oxygens (including phenoxy) is 1. The van der Waals surface area contributed by atoms with Crippen molar-refractivity contribution in [3.8, 4) is 5.75 Å². The molecule has 2 rings (SSSR count). The summed E-state index contributed by atoms with van der Waals surface area (Å²) in [6.07, 6.45) is 7.29. The van der Waals surface area contributed by atoms with Crippen LogP contribution < -0.4 is 4.74 Å². The molecule has 1 saturated carbocycles. The molecule has 1 heterocycles. The van der Waals surface area contributed by atoms with Gasteiger partial charge in [-0.05, 0) is 43.2 Å². The first-order valence-corrected chi connectivity index (χ1v) is 6.77. The molecule has 0 amide bonds. The first-order valence-electron chi connectivity index (χ1n) is 6.77. The average Bonchev–Trinajstić information content (AvgIpc) is 2.29. The predicted octanol–water partition coefficient (Wildman–Crippen LogP) is 4.16. The van der Waals surface area contributed by atoms with E-state index in [1.54, 1.807) is 0 Å². The smallest absolute Gasteiger partial charge is 0.138 e. The molecule has 1 aliphatic carbocycles. The molecule has 0 aromatic carbocycles. The van der Waals surface area contributed by atoms with Gasteiger partial charge in [0.15, 0.2) is 0 Å². The topological polar surface area (TPSA) is 22.1 Å². The second-order valence-corrected chi connectivity index (χ2v) is 5.59. The standard InChI is InChI=1S/C15H23NO/c1-11(2)15-8-7-14(10-16-15)17-13-6-4-5-12(3)9-13/h7-8,10-13H,4-6,9H2,1-3H3/t12-,13-/m0/s1. The third kappa shape index (κ3) is 3.45. The molecule has 0 unspecified atom stereocenters. The Morgan fingerprint density at radius 2 is 2.12 bits per heavy atom. The molecule has 0 aliphatic heterocycles. The third-order valence-corrected chi connectivity index (χ3v) is 3.54. The monoisotopic (exact) mass is 233 g/mol. The minimum atomic E-state index is 0.394. The van der Waals surface area contributed by atoms with Crippen LogP contribution in [0.15, 0.2) is 18.3 Å². The summed E-state index contributed by atoms with van der Waals surface area (Å²) >= 11 is 0. The zero-order chi connectivity index (χ0) is 12.3. The Kier molecular flexibility index (Phi) is 4.03. The second kappa shape index (κ2) is 5.52. The Morgan fingerprint density at radius 3 is 2.71 bits per heavy atom. The summed E-state index contributed by atoms with van der Waals surface area (Å²) in [6.45, 7) is 6.63. The number of hydrogen-bond donors (Lipinski definition) is 0. The molecule has 17 heavy (non-hydrogen) atoms. The first kappa shape index (κ1) is 12.4. The molecule has 0 radical (unpaired) electrons. The summed E-state index contributed by atoms with van der Waals surface area (Å²) in [5, 5.41) is 0. The van der Waals surface area contributed by atoms with Crippen molar-refractivity contribution in [1.29, 1.82) is 0 Å². The van der Waals surface area contributed by atoms with Gasteiger partial charge in [-0.3, -0.25) is 4.98 Å². The maximum absolute atomic E-state index is 6.00. The highest BCUT2D eigenvalue weighted by Crippen LogP contribution is 2.27. The Bertz CT molecular complexity index is 344. The molecule has 2 nitrogen and oxygen atoms in total. The second-order valence-electron chi connectivity index (χ2n) is 5.59. The maximum atomic E-state index is 6.00. The van der Waals surface area contributed by atoms with E-state index < -0.39 is 0 Å². The van der Waals surface area contributed by atoms with E-state index in [2.05, 4.69) is 37.9 Å². The van der Waals surface area contributed by atoms with E-state index in [4.69, 9.17) is 4.74 Å². The van der Waals surface area contributed by atoms with Crippen molar-refractivity contribution in [2.24, 2.45) is 5.92 Å². The fourth-order valence-corrected chi connectivity index (χ4v) is 2.48. The van der Waals surface area contributed by atoms with Crippen LogP contribution >= 0.6 is 0 Å². The minimum Gasteiger partial charge on any atom is -0.489 e. The molecule has 0 saturated heterocycles. The molecular formula is C15H23NO. The Labute approximate surface area is 104 Å². The lowest BCUT2D eigenvalue weighted by Gasteiger charge is -2.27. The van der Waals surface area contributed by atoms with Crippen LogP contribution in [-0.2, 0) is 0 Å². The quantitative estimate of drug-likeness (QED) is 0.782. The molecular weight excluding hydrogens is 210 g/mol. The summed E-state index contributed by atoms with van der Waals surface area (Å²) in [5.41, 5.74) is 1.13. The Hall–Kier alpha value is -1.05. The average molecular weight is 233 g/mol. The van der Waals surface area contributed by atoms with Crippen LogP contribution in [0.5, 0.6) is 5.75 Å². The summed E-state index contributed by atoms with van der Waals surface area (Å²) in [5.74, 6) is 2.21. The van der Waals surface area contributed by atoms with Gasteiger partial charge >= 0.3 is 0 Å². The van der Waals surface area contributed by atoms with Gasteiger partial charge in [0.05, 0.1) is 12.3 Å². The maximum Gasteiger partial charge on any atom is 0.138 e. The molecule has 0 spiro atoms. The van der Waals surface area contributed by atoms with Crippen LogP contribution in [0.3, 0.4) is 0 Å². The van der Waals surface area contributed by atoms with Gasteiger partial charge in [0, 0.05) is 5.69 Å². The van der Waals surface area contributed by atoms with Crippen molar-refractivity contribution in [3.05, 3.63) is 24.0 Å². The zero-order valence-electron chi connectivity index (χ0n) is 11.1. The molecule has 2 heteroatoms. The highest BCUT2D eigenvalue weighted by Gasteiger charge is 2.20. The van der Waals surface area contributed by atoms with Crippen LogP contribution in [-0.4, -0.2) is 11.1 Å². The van der Waals surface area contributed by atoms with E-state index in [0.29, 0.717) is 12.0 Å². The van der Waals surface area contributed by atoms with Crippen LogP contribution in [0.2, 0.25) is 0 Å². The Morgan fingerprint density at radius 1 is 1.29 bits per heavy atom. The van der Waals surface area contributed by atoms with Crippen LogP contribution in [0.1, 0.15) is 58.1 Å². The van der Waals surface area contributed by atoms with Crippen molar-refractivity contribution in [2.75, 3.05) is 0 Å². The molecule has 0 bridgehead atoms. The Balaban J connectivity index is 1.94. The predicted molar refractivity (Wildman–Crippen MR) is 70.4 cm³/mol. The largest absolute Gasteiger partial charge is 0.489 e. The van der Waals surface area contributed by atoms with Gasteiger partial charge in [-0.1, -0.05) is 27.2 Å². The zero-order valence-corrected chi connectivity index (χ0v) is 11.1. The SMILES string of the molecule is CC(C)c1ccc(O[C@H]2CCC[C@H](C)C2)cn1. The highest BCUT2D eigenvalue weighted by atomic mass is 16.5. The van der Waals surface area contributed by atoms with Crippen molar-refractivity contribution in [2.45, 2.75) is 58.5 Å². The first-order chi connectivity index (χ1) is 8.15. The van der Waals surface area contributed by atoms with Crippen molar-refractivity contribution >= 4 is 0 Å². The van der Waals surface area contributed by atoms with E-state index in [9.17, 15) is 0 Å². The highest BCUT2D eigenvalue weighted by molar-refractivity contribution is 5.21. The lowest BCUT2D eigenvalue weighted by atomic mass is 9.89. The minimum absolute atomic E-state index is 0.394. The third-order valence-electron chi connectivity index (χ3n) is 3.54. The van der Waals surface area contributed by atoms with Gasteiger partial charge in [0.2, 0.25) is 0 Å². The molecule has 1 aliphatic rings. The molecule has 1 fully saturated rings. The number of hydrogen-bond acceptors (Lipinski definition) is 2. The van der Waals surface area contributed by atoms with E-state index >= 15 is 0 Å². The lowest BCUT2D eigenvalue weighted by molar-refractivity contribution is 0.128. The number of pyridine rings is 1. The van der Waals surface area contributed by atoms with Gasteiger partial charge in [0.25, 0.3) is 0 Å². The van der Waals surface area contributed by atoms with Gasteiger partial charge in [-0.25, -0.2) is 0 Å². The van der Waals surface area contributed by atoms with Crippen LogP contribution in [0, 0.1) is 5.92 Å². The molecule has 94 valence electrons. The fraction of sp³-hybridized carbons (Fsp3) is 0.667. The molecule has 1 aromatic heterocycles. The van der Waals surface area contributed by atoms with Crippen LogP contribution in [0.25, 0.3) is 0 Å². The van der Waals surface area contributed by atoms with Gasteiger partial charge in [-0.2, -0.15) is 0 Å². The van der Waals surface area contributed by atoms with E-state index in [-0.39, 0.29) is 0 Å². The molecule has 0 N–H and O–H groups in total. The van der Waals surface area contributed by atoms with E-state index in [0.717, 1.165) is 17.4 Å². The van der Waals surface area contributed by atoms with Crippen molar-refractivity contribution in [3.63, 3.8) is 0 Å². The fourth-order valence-electron chi connectivity index (χ4n) is 2.48. The molecule has 1 aromatic rings. The normalized spacial score (nSPS) is 24.9. The van der Waals surface area contributed by atoms with Crippen LogP contribution in [0.4, 0.5) is 0 Å². The molecule has 2 atom stereocenters. The number of nitrogens with zero attached hydrogens (tertiary/aromatic N) is 1. The summed E-state index contributed by atoms with van der Waals surface area (Å²) in [6, 6.07) is 4.13. The van der Waals surface area contributed by atoms with E-state index in [1.165, 1.54) is 25.7 Å². The lowest BCUT2D eigenvalue weighted by Crippen LogP contribution is -2.24. The van der Waals surface area contributed by atoms with Crippen molar-refractivity contribution < 1.29 is 4.74 Å². The number of rotatable bonds is 3. The summed E-state index contributed by atoms with van der Waals surface area (Å²) in [7, 11) is 0. The number of aromatic nitrogens is 1. The van der Waals surface area contributed by atoms with Gasteiger partial charge in [0.1, 0.15) is 5.75 Å².